The smallest absolute Gasteiger partial charge is 0.261 e. The molecule has 0 spiro atoms. The standard InChI is InChI=1S/C23H28BrN3O3S/c1-4-6-12-30-20-11-10-17(24)14-19(20)22(29)27-23(31)26-18-9-7-8-16(13-18)21(28)25-15(3)5-2/h7-11,13-15H,4-6,12H2,1-3H3,(H,25,28)(H2,26,27,29,31). The number of rotatable bonds is 9. The van der Waals surface area contributed by atoms with Crippen molar-refractivity contribution < 1.29 is 14.3 Å². The zero-order valence-electron chi connectivity index (χ0n) is 18.0. The normalized spacial score (nSPS) is 11.4. The summed E-state index contributed by atoms with van der Waals surface area (Å²) in [6, 6.07) is 12.3. The third-order valence-corrected chi connectivity index (χ3v) is 5.24. The minimum Gasteiger partial charge on any atom is -0.493 e. The van der Waals surface area contributed by atoms with Crippen LogP contribution in [-0.2, 0) is 0 Å². The minimum atomic E-state index is -0.379. The number of thiocarbonyl (C=S) groups is 1. The lowest BCUT2D eigenvalue weighted by molar-refractivity contribution is 0.0937. The van der Waals surface area contributed by atoms with Gasteiger partial charge in [0.2, 0.25) is 0 Å². The monoisotopic (exact) mass is 505 g/mol. The molecule has 166 valence electrons. The van der Waals surface area contributed by atoms with Crippen LogP contribution < -0.4 is 20.7 Å². The largest absolute Gasteiger partial charge is 0.493 e. The summed E-state index contributed by atoms with van der Waals surface area (Å²) in [5, 5.41) is 8.68. The van der Waals surface area contributed by atoms with Crippen LogP contribution in [0.3, 0.4) is 0 Å². The molecule has 0 radical (unpaired) electrons. The maximum absolute atomic E-state index is 12.8. The lowest BCUT2D eigenvalue weighted by Crippen LogP contribution is -2.34. The molecule has 2 aromatic rings. The van der Waals surface area contributed by atoms with Crippen molar-refractivity contribution in [3.63, 3.8) is 0 Å². The molecule has 2 amide bonds. The minimum absolute atomic E-state index is 0.0865. The Morgan fingerprint density at radius 2 is 1.90 bits per heavy atom. The molecule has 3 N–H and O–H groups in total. The highest BCUT2D eigenvalue weighted by Gasteiger charge is 2.15. The predicted molar refractivity (Wildman–Crippen MR) is 132 cm³/mol. The summed E-state index contributed by atoms with van der Waals surface area (Å²) in [4.78, 5) is 25.1. The Bertz CT molecular complexity index is 936. The first-order valence-electron chi connectivity index (χ1n) is 10.3. The summed E-state index contributed by atoms with van der Waals surface area (Å²) in [6.07, 6.45) is 2.75. The van der Waals surface area contributed by atoms with Gasteiger partial charge < -0.3 is 15.4 Å². The van der Waals surface area contributed by atoms with E-state index < -0.39 is 0 Å². The second-order valence-electron chi connectivity index (χ2n) is 7.11. The van der Waals surface area contributed by atoms with Gasteiger partial charge in [0.1, 0.15) is 5.75 Å². The van der Waals surface area contributed by atoms with Crippen molar-refractivity contribution in [3.8, 4) is 5.75 Å². The lowest BCUT2D eigenvalue weighted by Gasteiger charge is -2.14. The number of hydrogen-bond acceptors (Lipinski definition) is 4. The van der Waals surface area contributed by atoms with Gasteiger partial charge in [-0.25, -0.2) is 0 Å². The van der Waals surface area contributed by atoms with Gasteiger partial charge >= 0.3 is 0 Å². The first kappa shape index (κ1) is 24.8. The van der Waals surface area contributed by atoms with Gasteiger partial charge in [0.25, 0.3) is 11.8 Å². The SMILES string of the molecule is CCCCOc1ccc(Br)cc1C(=O)NC(=S)Nc1cccc(C(=O)NC(C)CC)c1. The molecule has 6 nitrogen and oxygen atoms in total. The van der Waals surface area contributed by atoms with E-state index in [1.807, 2.05) is 19.9 Å². The number of hydrogen-bond donors (Lipinski definition) is 3. The molecule has 0 heterocycles. The Morgan fingerprint density at radius 1 is 1.13 bits per heavy atom. The molecule has 0 saturated heterocycles. The van der Waals surface area contributed by atoms with Crippen LogP contribution in [0, 0.1) is 0 Å². The molecule has 8 heteroatoms. The van der Waals surface area contributed by atoms with Crippen LogP contribution in [0.4, 0.5) is 5.69 Å². The first-order chi connectivity index (χ1) is 14.8. The summed E-state index contributed by atoms with van der Waals surface area (Å²) < 4.78 is 6.51. The van der Waals surface area contributed by atoms with Crippen LogP contribution in [-0.4, -0.2) is 29.6 Å². The Morgan fingerprint density at radius 3 is 2.61 bits per heavy atom. The molecular formula is C23H28BrN3O3S. The second-order valence-corrected chi connectivity index (χ2v) is 8.44. The number of halogens is 1. The van der Waals surface area contributed by atoms with E-state index in [1.165, 1.54) is 0 Å². The summed E-state index contributed by atoms with van der Waals surface area (Å²) in [6.45, 7) is 6.57. The molecular weight excluding hydrogens is 478 g/mol. The van der Waals surface area contributed by atoms with Gasteiger partial charge in [-0.05, 0) is 68.4 Å². The third kappa shape index (κ3) is 7.95. The molecule has 1 unspecified atom stereocenters. The van der Waals surface area contributed by atoms with Crippen LogP contribution in [0.2, 0.25) is 0 Å². The van der Waals surface area contributed by atoms with Crippen LogP contribution in [0.25, 0.3) is 0 Å². The maximum atomic E-state index is 12.8. The topological polar surface area (TPSA) is 79.5 Å². The van der Waals surface area contributed by atoms with Crippen molar-refractivity contribution in [2.45, 2.75) is 46.1 Å². The summed E-state index contributed by atoms with van der Waals surface area (Å²) in [7, 11) is 0. The van der Waals surface area contributed by atoms with Crippen LogP contribution in [0.5, 0.6) is 5.75 Å². The fraction of sp³-hybridized carbons (Fsp3) is 0.348. The van der Waals surface area contributed by atoms with E-state index in [0.717, 1.165) is 23.7 Å². The predicted octanol–water partition coefficient (Wildman–Crippen LogP) is 5.28. The van der Waals surface area contributed by atoms with E-state index in [9.17, 15) is 9.59 Å². The first-order valence-corrected chi connectivity index (χ1v) is 11.5. The van der Waals surface area contributed by atoms with E-state index in [-0.39, 0.29) is 23.0 Å². The molecule has 2 rings (SSSR count). The number of carbonyl (C=O) groups excluding carboxylic acids is 2. The van der Waals surface area contributed by atoms with Gasteiger partial charge in [0.05, 0.1) is 12.2 Å². The van der Waals surface area contributed by atoms with Crippen molar-refractivity contribution >= 4 is 50.8 Å². The number of nitrogens with one attached hydrogen (secondary N) is 3. The quantitative estimate of drug-likeness (QED) is 0.319. The van der Waals surface area contributed by atoms with E-state index in [4.69, 9.17) is 17.0 Å². The molecule has 2 aromatic carbocycles. The van der Waals surface area contributed by atoms with Gasteiger partial charge in [0.15, 0.2) is 5.11 Å². The molecule has 0 aliphatic carbocycles. The van der Waals surface area contributed by atoms with Crippen LogP contribution in [0.1, 0.15) is 60.7 Å². The number of anilines is 1. The zero-order chi connectivity index (χ0) is 22.8. The Labute approximate surface area is 197 Å². The summed E-state index contributed by atoms with van der Waals surface area (Å²) in [5.74, 6) is -0.0346. The fourth-order valence-electron chi connectivity index (χ4n) is 2.61. The number of carbonyl (C=O) groups is 2. The molecule has 31 heavy (non-hydrogen) atoms. The van der Waals surface area contributed by atoms with Crippen LogP contribution in [0.15, 0.2) is 46.9 Å². The van der Waals surface area contributed by atoms with Crippen LogP contribution >= 0.6 is 28.1 Å². The second kappa shape index (κ2) is 12.4. The molecule has 0 fully saturated rings. The number of benzene rings is 2. The Hall–Kier alpha value is -2.45. The van der Waals surface area contributed by atoms with E-state index in [1.54, 1.807) is 36.4 Å². The van der Waals surface area contributed by atoms with Gasteiger partial charge in [-0.3, -0.25) is 14.9 Å². The summed E-state index contributed by atoms with van der Waals surface area (Å²) in [5.41, 5.74) is 1.50. The molecule has 0 aliphatic rings. The highest BCUT2D eigenvalue weighted by Crippen LogP contribution is 2.23. The number of ether oxygens (including phenoxy) is 1. The van der Waals surface area contributed by atoms with E-state index >= 15 is 0 Å². The zero-order valence-corrected chi connectivity index (χ0v) is 20.4. The number of unbranched alkanes of at least 4 members (excludes halogenated alkanes) is 1. The Balaban J connectivity index is 2.05. The molecule has 1 atom stereocenters. The molecule has 0 saturated carbocycles. The molecule has 0 bridgehead atoms. The Kier molecular flexibility index (Phi) is 9.94. The average molecular weight is 506 g/mol. The highest BCUT2D eigenvalue weighted by atomic mass is 79.9. The van der Waals surface area contributed by atoms with E-state index in [0.29, 0.717) is 29.2 Å². The van der Waals surface area contributed by atoms with Gasteiger partial charge in [-0.1, -0.05) is 42.3 Å². The molecule has 0 aliphatic heterocycles. The van der Waals surface area contributed by atoms with Gasteiger partial charge in [-0.2, -0.15) is 0 Å². The highest BCUT2D eigenvalue weighted by molar-refractivity contribution is 9.10. The maximum Gasteiger partial charge on any atom is 0.261 e. The fourth-order valence-corrected chi connectivity index (χ4v) is 3.18. The van der Waals surface area contributed by atoms with Crippen molar-refractivity contribution in [1.82, 2.24) is 10.6 Å². The van der Waals surface area contributed by atoms with Crippen molar-refractivity contribution in [2.24, 2.45) is 0 Å². The van der Waals surface area contributed by atoms with Crippen molar-refractivity contribution in [1.29, 1.82) is 0 Å². The third-order valence-electron chi connectivity index (χ3n) is 4.54. The van der Waals surface area contributed by atoms with E-state index in [2.05, 4.69) is 38.8 Å². The molecule has 0 aromatic heterocycles. The average Bonchev–Trinajstić information content (AvgIpc) is 2.74. The van der Waals surface area contributed by atoms with Crippen molar-refractivity contribution in [2.75, 3.05) is 11.9 Å². The van der Waals surface area contributed by atoms with Gasteiger partial charge in [0, 0.05) is 21.8 Å². The lowest BCUT2D eigenvalue weighted by atomic mass is 10.1. The summed E-state index contributed by atoms with van der Waals surface area (Å²) >= 11 is 8.68. The van der Waals surface area contributed by atoms with Crippen molar-refractivity contribution in [3.05, 3.63) is 58.1 Å². The van der Waals surface area contributed by atoms with Gasteiger partial charge in [-0.15, -0.1) is 0 Å². The number of amides is 2.